The molecule has 130 valence electrons. The summed E-state index contributed by atoms with van der Waals surface area (Å²) in [6, 6.07) is 3.13. The van der Waals surface area contributed by atoms with Gasteiger partial charge in [0.15, 0.2) is 0 Å². The number of rotatable bonds is 3. The molecule has 0 radical (unpaired) electrons. The zero-order valence-corrected chi connectivity index (χ0v) is 13.7. The maximum atomic E-state index is 13.5. The van der Waals surface area contributed by atoms with E-state index in [9.17, 15) is 18.4 Å². The summed E-state index contributed by atoms with van der Waals surface area (Å²) in [5.74, 6) is -2.06. The number of hydrogen-bond acceptors (Lipinski definition) is 3. The number of benzene rings is 1. The van der Waals surface area contributed by atoms with E-state index < -0.39 is 17.0 Å². The zero-order valence-electron chi connectivity index (χ0n) is 13.7. The minimum Gasteiger partial charge on any atom is -0.466 e. The van der Waals surface area contributed by atoms with Gasteiger partial charge in [0.05, 0.1) is 17.9 Å². The second-order valence-electron chi connectivity index (χ2n) is 6.66. The molecule has 6 heteroatoms. The van der Waals surface area contributed by atoms with Crippen molar-refractivity contribution >= 4 is 17.6 Å². The van der Waals surface area contributed by atoms with Gasteiger partial charge in [-0.1, -0.05) is 6.42 Å². The summed E-state index contributed by atoms with van der Waals surface area (Å²) in [6.45, 7) is 2.50. The molecule has 0 N–H and O–H groups in total. The van der Waals surface area contributed by atoms with E-state index >= 15 is 0 Å². The summed E-state index contributed by atoms with van der Waals surface area (Å²) in [6.07, 6.45) is 3.26. The van der Waals surface area contributed by atoms with Crippen molar-refractivity contribution in [3.8, 4) is 0 Å². The van der Waals surface area contributed by atoms with Crippen LogP contribution in [0, 0.1) is 23.0 Å². The van der Waals surface area contributed by atoms with Crippen LogP contribution in [0.2, 0.25) is 0 Å². The van der Waals surface area contributed by atoms with Crippen molar-refractivity contribution in [1.29, 1.82) is 0 Å². The first kappa shape index (κ1) is 16.9. The summed E-state index contributed by atoms with van der Waals surface area (Å²) in [7, 11) is 0. The summed E-state index contributed by atoms with van der Waals surface area (Å²) in [5.41, 5.74) is -0.369. The summed E-state index contributed by atoms with van der Waals surface area (Å²) < 4.78 is 32.0. The van der Waals surface area contributed by atoms with Crippen LogP contribution in [0.4, 0.5) is 14.5 Å². The Morgan fingerprint density at radius 3 is 2.67 bits per heavy atom. The maximum Gasteiger partial charge on any atom is 0.308 e. The third-order valence-electron chi connectivity index (χ3n) is 5.14. The minimum atomic E-state index is -0.702. The number of amides is 1. The summed E-state index contributed by atoms with van der Waals surface area (Å²) >= 11 is 0. The van der Waals surface area contributed by atoms with E-state index in [4.69, 9.17) is 4.74 Å². The van der Waals surface area contributed by atoms with Crippen molar-refractivity contribution in [2.24, 2.45) is 11.3 Å². The Kier molecular flexibility index (Phi) is 4.56. The number of halogens is 2. The van der Waals surface area contributed by atoms with Gasteiger partial charge in [-0.05, 0) is 44.7 Å². The molecular formula is C18H21F2NO3. The molecule has 2 fully saturated rings. The number of anilines is 1. The van der Waals surface area contributed by atoms with Gasteiger partial charge < -0.3 is 9.64 Å². The summed E-state index contributed by atoms with van der Waals surface area (Å²) in [5, 5.41) is 0. The van der Waals surface area contributed by atoms with Crippen LogP contribution < -0.4 is 4.90 Å². The third-order valence-corrected chi connectivity index (χ3v) is 5.14. The van der Waals surface area contributed by atoms with Crippen molar-refractivity contribution in [3.63, 3.8) is 0 Å². The zero-order chi connectivity index (χ0) is 17.3. The molecule has 0 bridgehead atoms. The van der Waals surface area contributed by atoms with Crippen molar-refractivity contribution < 1.29 is 23.1 Å². The fourth-order valence-corrected chi connectivity index (χ4v) is 4.01. The molecule has 3 rings (SSSR count). The number of ether oxygens (including phenoxy) is 1. The highest BCUT2D eigenvalue weighted by Gasteiger charge is 2.50. The van der Waals surface area contributed by atoms with Crippen molar-refractivity contribution in [2.45, 2.75) is 39.0 Å². The SMILES string of the molecule is CCOC(=O)[C@@H]1CCC[C@]2(CCN(c3cc(F)cc(F)c3)C2=O)C1. The van der Waals surface area contributed by atoms with Gasteiger partial charge in [-0.15, -0.1) is 0 Å². The lowest BCUT2D eigenvalue weighted by Gasteiger charge is -2.35. The molecule has 1 saturated carbocycles. The predicted octanol–water partition coefficient (Wildman–Crippen LogP) is 3.44. The van der Waals surface area contributed by atoms with Gasteiger partial charge in [0.2, 0.25) is 5.91 Å². The van der Waals surface area contributed by atoms with E-state index in [1.165, 1.54) is 17.0 Å². The number of carbonyl (C=O) groups excluding carboxylic acids is 2. The number of carbonyl (C=O) groups is 2. The fourth-order valence-electron chi connectivity index (χ4n) is 4.01. The monoisotopic (exact) mass is 337 g/mol. The molecule has 24 heavy (non-hydrogen) atoms. The van der Waals surface area contributed by atoms with E-state index in [0.29, 0.717) is 32.4 Å². The van der Waals surface area contributed by atoms with Gasteiger partial charge in [0.25, 0.3) is 0 Å². The molecule has 1 saturated heterocycles. The fraction of sp³-hybridized carbons (Fsp3) is 0.556. The standard InChI is InChI=1S/C18H21F2NO3/c1-2-24-16(22)12-4-3-5-18(11-12)6-7-21(17(18)23)15-9-13(19)8-14(20)10-15/h8-10,12H,2-7,11H2,1H3/t12-,18+/m1/s1. The Morgan fingerprint density at radius 1 is 1.29 bits per heavy atom. The van der Waals surface area contributed by atoms with E-state index in [1.54, 1.807) is 6.92 Å². The van der Waals surface area contributed by atoms with Crippen LogP contribution in [-0.2, 0) is 14.3 Å². The van der Waals surface area contributed by atoms with Crippen LogP contribution in [0.3, 0.4) is 0 Å². The average molecular weight is 337 g/mol. The molecule has 0 unspecified atom stereocenters. The normalized spacial score (nSPS) is 26.9. The average Bonchev–Trinajstić information content (AvgIpc) is 2.83. The first-order valence-corrected chi connectivity index (χ1v) is 8.40. The van der Waals surface area contributed by atoms with Gasteiger partial charge in [-0.25, -0.2) is 8.78 Å². The van der Waals surface area contributed by atoms with Crippen molar-refractivity contribution in [3.05, 3.63) is 29.8 Å². The lowest BCUT2D eigenvalue weighted by Crippen LogP contribution is -2.40. The van der Waals surface area contributed by atoms with E-state index in [2.05, 4.69) is 0 Å². The Balaban J connectivity index is 1.81. The lowest BCUT2D eigenvalue weighted by molar-refractivity contribution is -0.151. The third kappa shape index (κ3) is 3.01. The van der Waals surface area contributed by atoms with Crippen LogP contribution in [-0.4, -0.2) is 25.0 Å². The van der Waals surface area contributed by atoms with Gasteiger partial charge in [0.1, 0.15) is 11.6 Å². The van der Waals surface area contributed by atoms with Crippen molar-refractivity contribution in [1.82, 2.24) is 0 Å². The Labute approximate surface area is 139 Å². The van der Waals surface area contributed by atoms with E-state index in [0.717, 1.165) is 18.9 Å². The second-order valence-corrected chi connectivity index (χ2v) is 6.66. The maximum absolute atomic E-state index is 13.5. The highest BCUT2D eigenvalue weighted by atomic mass is 19.1. The van der Waals surface area contributed by atoms with Crippen LogP contribution >= 0.6 is 0 Å². The highest BCUT2D eigenvalue weighted by Crippen LogP contribution is 2.48. The first-order valence-electron chi connectivity index (χ1n) is 8.40. The number of nitrogens with zero attached hydrogens (tertiary/aromatic N) is 1. The Hall–Kier alpha value is -1.98. The van der Waals surface area contributed by atoms with Crippen LogP contribution in [0.5, 0.6) is 0 Å². The molecule has 1 aliphatic heterocycles. The first-order chi connectivity index (χ1) is 11.4. The smallest absolute Gasteiger partial charge is 0.308 e. The quantitative estimate of drug-likeness (QED) is 0.794. The second kappa shape index (κ2) is 6.49. The molecule has 1 spiro atoms. The Morgan fingerprint density at radius 2 is 2.00 bits per heavy atom. The van der Waals surface area contributed by atoms with Gasteiger partial charge in [-0.3, -0.25) is 9.59 Å². The molecule has 4 nitrogen and oxygen atoms in total. The molecular weight excluding hydrogens is 316 g/mol. The van der Waals surface area contributed by atoms with Crippen LogP contribution in [0.25, 0.3) is 0 Å². The number of hydrogen-bond donors (Lipinski definition) is 0. The summed E-state index contributed by atoms with van der Waals surface area (Å²) in [4.78, 5) is 26.4. The predicted molar refractivity (Wildman–Crippen MR) is 84.4 cm³/mol. The van der Waals surface area contributed by atoms with Crippen LogP contribution in [0.1, 0.15) is 39.0 Å². The molecule has 2 atom stereocenters. The molecule has 2 aliphatic rings. The molecule has 1 aromatic carbocycles. The van der Waals surface area contributed by atoms with Gasteiger partial charge >= 0.3 is 5.97 Å². The molecule has 1 amide bonds. The number of esters is 1. The molecule has 0 aromatic heterocycles. The molecule has 1 aromatic rings. The molecule has 1 aliphatic carbocycles. The molecule has 1 heterocycles. The van der Waals surface area contributed by atoms with Gasteiger partial charge in [-0.2, -0.15) is 0 Å². The highest BCUT2D eigenvalue weighted by molar-refractivity contribution is 6.00. The lowest BCUT2D eigenvalue weighted by atomic mass is 9.68. The van der Waals surface area contributed by atoms with Gasteiger partial charge in [0, 0.05) is 18.3 Å². The largest absolute Gasteiger partial charge is 0.466 e. The van der Waals surface area contributed by atoms with Crippen molar-refractivity contribution in [2.75, 3.05) is 18.1 Å². The Bertz CT molecular complexity index is 643. The topological polar surface area (TPSA) is 46.6 Å². The van der Waals surface area contributed by atoms with E-state index in [-0.39, 0.29) is 23.5 Å². The van der Waals surface area contributed by atoms with E-state index in [1.807, 2.05) is 0 Å². The van der Waals surface area contributed by atoms with Crippen LogP contribution in [0.15, 0.2) is 18.2 Å². The minimum absolute atomic E-state index is 0.138.